The number of nitrogens with zero attached hydrogens (tertiary/aromatic N) is 2. The number of hydrogen-bond acceptors (Lipinski definition) is 4. The van der Waals surface area contributed by atoms with Crippen molar-refractivity contribution in [2.24, 2.45) is 0 Å². The van der Waals surface area contributed by atoms with E-state index >= 15 is 0 Å². The molecule has 7 heteroatoms. The van der Waals surface area contributed by atoms with E-state index in [9.17, 15) is 9.59 Å². The highest BCUT2D eigenvalue weighted by molar-refractivity contribution is 5.95. The van der Waals surface area contributed by atoms with Gasteiger partial charge in [0.05, 0.1) is 17.9 Å². The van der Waals surface area contributed by atoms with Crippen LogP contribution >= 0.6 is 0 Å². The van der Waals surface area contributed by atoms with Crippen LogP contribution in [-0.2, 0) is 4.79 Å². The van der Waals surface area contributed by atoms with Gasteiger partial charge >= 0.3 is 0 Å². The minimum atomic E-state index is -0.466. The maximum absolute atomic E-state index is 12.9. The van der Waals surface area contributed by atoms with E-state index in [-0.39, 0.29) is 12.5 Å². The highest BCUT2D eigenvalue weighted by atomic mass is 16.2. The van der Waals surface area contributed by atoms with Crippen molar-refractivity contribution >= 4 is 17.5 Å². The van der Waals surface area contributed by atoms with Crippen molar-refractivity contribution in [1.29, 1.82) is 0 Å². The van der Waals surface area contributed by atoms with Crippen LogP contribution in [0, 0.1) is 0 Å². The lowest BCUT2D eigenvalue weighted by atomic mass is 10.1. The molecule has 154 valence electrons. The molecule has 0 saturated heterocycles. The molecule has 1 aromatic heterocycles. The van der Waals surface area contributed by atoms with E-state index in [4.69, 9.17) is 0 Å². The maximum Gasteiger partial charge on any atom is 0.288 e. The van der Waals surface area contributed by atoms with E-state index in [0.29, 0.717) is 11.4 Å². The van der Waals surface area contributed by atoms with Gasteiger partial charge in [-0.2, -0.15) is 5.10 Å². The number of benzene rings is 3. The predicted octanol–water partition coefficient (Wildman–Crippen LogP) is 3.41. The number of nitrogens with one attached hydrogen (secondary N) is 3. The number of anilines is 1. The first-order valence-corrected chi connectivity index (χ1v) is 9.80. The SMILES string of the molecule is O=C(CNc1ccccc1)NNC(=O)c1cc(-c2ccccc2)nn1-c1ccccc1. The van der Waals surface area contributed by atoms with Crippen molar-refractivity contribution < 1.29 is 9.59 Å². The first-order chi connectivity index (χ1) is 15.2. The van der Waals surface area contributed by atoms with Crippen molar-refractivity contribution in [2.45, 2.75) is 0 Å². The average Bonchev–Trinajstić information content (AvgIpc) is 3.29. The quantitative estimate of drug-likeness (QED) is 0.424. The number of para-hydroxylation sites is 2. The summed E-state index contributed by atoms with van der Waals surface area (Å²) in [5.41, 5.74) is 8.32. The molecule has 0 aliphatic carbocycles. The van der Waals surface area contributed by atoms with Gasteiger partial charge in [0.25, 0.3) is 11.8 Å². The normalized spacial score (nSPS) is 10.3. The summed E-state index contributed by atoms with van der Waals surface area (Å²) in [6.45, 7) is 0.0253. The molecule has 3 aromatic carbocycles. The molecule has 4 rings (SSSR count). The van der Waals surface area contributed by atoms with E-state index in [2.05, 4.69) is 21.3 Å². The molecule has 4 aromatic rings. The van der Waals surface area contributed by atoms with Crippen molar-refractivity contribution in [3.8, 4) is 16.9 Å². The molecule has 0 spiro atoms. The van der Waals surface area contributed by atoms with Crippen LogP contribution in [0.4, 0.5) is 5.69 Å². The molecule has 0 bridgehead atoms. The third-order valence-corrected chi connectivity index (χ3v) is 4.55. The predicted molar refractivity (Wildman–Crippen MR) is 120 cm³/mol. The number of rotatable bonds is 6. The first-order valence-electron chi connectivity index (χ1n) is 9.80. The molecule has 0 atom stereocenters. The lowest BCUT2D eigenvalue weighted by Gasteiger charge is -2.10. The molecule has 2 amide bonds. The van der Waals surface area contributed by atoms with Gasteiger partial charge in [-0.3, -0.25) is 20.4 Å². The van der Waals surface area contributed by atoms with Crippen molar-refractivity contribution in [1.82, 2.24) is 20.6 Å². The Labute approximate surface area is 179 Å². The number of carbonyl (C=O) groups is 2. The van der Waals surface area contributed by atoms with Crippen molar-refractivity contribution in [3.05, 3.63) is 103 Å². The Morgan fingerprint density at radius 1 is 0.774 bits per heavy atom. The zero-order valence-electron chi connectivity index (χ0n) is 16.7. The Kier molecular flexibility index (Phi) is 6.04. The third kappa shape index (κ3) is 4.97. The molecule has 1 heterocycles. The van der Waals surface area contributed by atoms with E-state index in [1.165, 1.54) is 0 Å². The average molecular weight is 411 g/mol. The number of aromatic nitrogens is 2. The fraction of sp³-hybridized carbons (Fsp3) is 0.0417. The molecule has 0 radical (unpaired) electrons. The number of hydrogen-bond donors (Lipinski definition) is 3. The standard InChI is InChI=1S/C24H21N5O2/c30-23(17-25-19-12-6-2-7-13-19)26-27-24(31)22-16-21(18-10-4-1-5-11-18)28-29(22)20-14-8-3-9-15-20/h1-16,25H,17H2,(H,26,30)(H,27,31). The van der Waals surface area contributed by atoms with Crippen LogP contribution in [0.1, 0.15) is 10.5 Å². The zero-order chi connectivity index (χ0) is 21.5. The van der Waals surface area contributed by atoms with Crippen LogP contribution in [0.25, 0.3) is 16.9 Å². The highest BCUT2D eigenvalue weighted by Crippen LogP contribution is 2.21. The summed E-state index contributed by atoms with van der Waals surface area (Å²) in [5.74, 6) is -0.835. The summed E-state index contributed by atoms with van der Waals surface area (Å²) in [7, 11) is 0. The largest absolute Gasteiger partial charge is 0.376 e. The topological polar surface area (TPSA) is 88.1 Å². The molecule has 3 N–H and O–H groups in total. The lowest BCUT2D eigenvalue weighted by Crippen LogP contribution is -2.44. The summed E-state index contributed by atoms with van der Waals surface area (Å²) in [6.07, 6.45) is 0. The van der Waals surface area contributed by atoms with Crippen LogP contribution in [0.3, 0.4) is 0 Å². The van der Waals surface area contributed by atoms with Crippen LogP contribution in [0.15, 0.2) is 97.1 Å². The fourth-order valence-electron chi connectivity index (χ4n) is 3.03. The van der Waals surface area contributed by atoms with Gasteiger partial charge < -0.3 is 5.32 Å². The Balaban J connectivity index is 1.49. The monoisotopic (exact) mass is 411 g/mol. The van der Waals surface area contributed by atoms with Crippen LogP contribution in [0.2, 0.25) is 0 Å². The summed E-state index contributed by atoms with van der Waals surface area (Å²) in [4.78, 5) is 25.0. The number of hydrazine groups is 1. The molecular formula is C24H21N5O2. The molecule has 31 heavy (non-hydrogen) atoms. The van der Waals surface area contributed by atoms with Crippen molar-refractivity contribution in [3.63, 3.8) is 0 Å². The van der Waals surface area contributed by atoms with E-state index in [0.717, 1.165) is 16.9 Å². The summed E-state index contributed by atoms with van der Waals surface area (Å²) >= 11 is 0. The Bertz CT molecular complexity index is 1160. The second-order valence-electron chi connectivity index (χ2n) is 6.75. The molecule has 7 nitrogen and oxygen atoms in total. The number of carbonyl (C=O) groups excluding carboxylic acids is 2. The van der Waals surface area contributed by atoms with Gasteiger partial charge in [0.2, 0.25) is 0 Å². The van der Waals surface area contributed by atoms with Gasteiger partial charge in [-0.05, 0) is 30.3 Å². The van der Waals surface area contributed by atoms with E-state index in [1.54, 1.807) is 10.7 Å². The summed E-state index contributed by atoms with van der Waals surface area (Å²) in [5, 5.41) is 7.60. The summed E-state index contributed by atoms with van der Waals surface area (Å²) in [6, 6.07) is 30.0. The van der Waals surface area contributed by atoms with E-state index in [1.807, 2.05) is 91.0 Å². The number of amides is 2. The van der Waals surface area contributed by atoms with Gasteiger partial charge in [-0.25, -0.2) is 4.68 Å². The Hall–Kier alpha value is -4.39. The zero-order valence-corrected chi connectivity index (χ0v) is 16.7. The highest BCUT2D eigenvalue weighted by Gasteiger charge is 2.18. The van der Waals surface area contributed by atoms with Crippen LogP contribution in [0.5, 0.6) is 0 Å². The van der Waals surface area contributed by atoms with Crippen LogP contribution < -0.4 is 16.2 Å². The maximum atomic E-state index is 12.9. The van der Waals surface area contributed by atoms with Gasteiger partial charge in [-0.15, -0.1) is 0 Å². The first kappa shape index (κ1) is 19.9. The molecule has 0 fully saturated rings. The Morgan fingerprint density at radius 2 is 1.39 bits per heavy atom. The van der Waals surface area contributed by atoms with Gasteiger partial charge in [0, 0.05) is 11.3 Å². The molecule has 0 aliphatic rings. The second-order valence-corrected chi connectivity index (χ2v) is 6.75. The minimum Gasteiger partial charge on any atom is -0.376 e. The Morgan fingerprint density at radius 3 is 2.06 bits per heavy atom. The van der Waals surface area contributed by atoms with Gasteiger partial charge in [0.15, 0.2) is 0 Å². The second kappa shape index (κ2) is 9.41. The molecule has 0 saturated carbocycles. The molecule has 0 unspecified atom stereocenters. The smallest absolute Gasteiger partial charge is 0.288 e. The van der Waals surface area contributed by atoms with E-state index < -0.39 is 5.91 Å². The fourth-order valence-corrected chi connectivity index (χ4v) is 3.03. The molecule has 0 aliphatic heterocycles. The molecular weight excluding hydrogens is 390 g/mol. The summed E-state index contributed by atoms with van der Waals surface area (Å²) < 4.78 is 1.56. The third-order valence-electron chi connectivity index (χ3n) is 4.55. The lowest BCUT2D eigenvalue weighted by molar-refractivity contribution is -0.120. The van der Waals surface area contributed by atoms with Crippen molar-refractivity contribution in [2.75, 3.05) is 11.9 Å². The van der Waals surface area contributed by atoms with Gasteiger partial charge in [0.1, 0.15) is 5.69 Å². The van der Waals surface area contributed by atoms with Gasteiger partial charge in [-0.1, -0.05) is 66.7 Å². The van der Waals surface area contributed by atoms with Crippen LogP contribution in [-0.4, -0.2) is 28.1 Å². The minimum absolute atomic E-state index is 0.0253.